The molecule has 8 heterocycles. The quantitative estimate of drug-likeness (QED) is 0.0357. The van der Waals surface area contributed by atoms with Crippen LogP contribution >= 0.6 is 68.0 Å². The average Bonchev–Trinajstić information content (AvgIpc) is 1.55. The predicted octanol–water partition coefficient (Wildman–Crippen LogP) is 35.9. The molecule has 0 aromatic carbocycles. The van der Waals surface area contributed by atoms with Crippen molar-refractivity contribution in [2.45, 2.75) is 441 Å². The van der Waals surface area contributed by atoms with Crippen molar-refractivity contribution in [2.24, 2.45) is 11.8 Å². The Morgan fingerprint density at radius 1 is 0.250 bits per heavy atom. The third-order valence-electron chi connectivity index (χ3n) is 24.9. The number of carbonyl (C=O) groups excluding carboxylic acids is 2. The summed E-state index contributed by atoms with van der Waals surface area (Å²) < 4.78 is 0. The van der Waals surface area contributed by atoms with Gasteiger partial charge in [0.05, 0.1) is 32.3 Å². The first-order valence-electron chi connectivity index (χ1n) is 48.0. The molecule has 0 saturated carbocycles. The summed E-state index contributed by atoms with van der Waals surface area (Å²) in [5.74, 6) is 0.879. The summed E-state index contributed by atoms with van der Waals surface area (Å²) in [7, 11) is 0. The molecule has 626 valence electrons. The molecule has 8 rings (SSSR count). The van der Waals surface area contributed by atoms with Gasteiger partial charge < -0.3 is 9.80 Å². The standard InChI is InChI=1S/C102H160N2O2S6/c1-9-17-25-33-37-41-43-47-51-55-65-81(63-53-49-45-39-35-27-19-11-3)79-103-95(87-73-75-91(109-87)99-85(69-59-31-23-15-7)83(67-57-29-21-13-5)97(111-99)89-71-61-77-107-89)93-94(101(103)105)96(104(102(93)106)80-82(64-54-50-46-40-36-28-20-12-4)66-56-52-48-44-42-38-34-26-18-10-2)88-74-76-92(110-88)100-86(70-60-32-24-16-8)84(68-58-30-22-14-6)98(112-100)90-72-62-78-108-90/h61-62,71-78,81-82H,9-60,63-70,79-80H2,1-8H3. The Bertz CT molecular complexity index is 3280. The number of fused-ring (bicyclic) bond motifs is 1. The Hall–Kier alpha value is -3.38. The van der Waals surface area contributed by atoms with Crippen LogP contribution in [0.3, 0.4) is 0 Å². The molecule has 0 radical (unpaired) electrons. The summed E-state index contributed by atoms with van der Waals surface area (Å²) in [6.07, 6.45) is 76.2. The fraction of sp³-hybridized carbons (Fsp3) is 0.706. The van der Waals surface area contributed by atoms with Crippen molar-refractivity contribution >= 4 is 91.2 Å². The van der Waals surface area contributed by atoms with E-state index < -0.39 is 0 Å². The van der Waals surface area contributed by atoms with Gasteiger partial charge in [0.15, 0.2) is 0 Å². The molecule has 2 amide bonds. The highest BCUT2D eigenvalue weighted by Crippen LogP contribution is 2.55. The van der Waals surface area contributed by atoms with Gasteiger partial charge in [-0.25, -0.2) is 0 Å². The lowest BCUT2D eigenvalue weighted by atomic mass is 9.93. The zero-order chi connectivity index (χ0) is 79.0. The van der Waals surface area contributed by atoms with Gasteiger partial charge in [-0.3, -0.25) is 9.59 Å². The number of amides is 2. The first-order chi connectivity index (χ1) is 55.2. The van der Waals surface area contributed by atoms with E-state index in [1.807, 2.05) is 68.0 Å². The van der Waals surface area contributed by atoms with E-state index in [1.54, 1.807) is 22.3 Å². The Balaban J connectivity index is 1.29. The highest BCUT2D eigenvalue weighted by atomic mass is 32.1. The van der Waals surface area contributed by atoms with Crippen LogP contribution in [0.5, 0.6) is 0 Å². The van der Waals surface area contributed by atoms with Gasteiger partial charge in [0.1, 0.15) is 0 Å². The third kappa shape index (κ3) is 30.8. The zero-order valence-electron chi connectivity index (χ0n) is 72.9. The van der Waals surface area contributed by atoms with Crippen molar-refractivity contribution in [1.29, 1.82) is 0 Å². The lowest BCUT2D eigenvalue weighted by molar-refractivity contribution is -0.124. The molecule has 2 aliphatic heterocycles. The van der Waals surface area contributed by atoms with Crippen molar-refractivity contribution in [3.8, 4) is 39.0 Å². The van der Waals surface area contributed by atoms with Crippen LogP contribution in [0.15, 0.2) is 70.4 Å². The molecule has 0 aliphatic carbocycles. The van der Waals surface area contributed by atoms with Crippen LogP contribution in [0.25, 0.3) is 50.4 Å². The number of rotatable bonds is 70. The zero-order valence-corrected chi connectivity index (χ0v) is 77.8. The summed E-state index contributed by atoms with van der Waals surface area (Å²) in [5, 5.41) is 4.55. The summed E-state index contributed by atoms with van der Waals surface area (Å²) >= 11 is 11.7. The Morgan fingerprint density at radius 3 is 0.714 bits per heavy atom. The van der Waals surface area contributed by atoms with Gasteiger partial charge in [0.2, 0.25) is 0 Å². The molecule has 2 unspecified atom stereocenters. The number of hydrogen-bond donors (Lipinski definition) is 0. The van der Waals surface area contributed by atoms with Gasteiger partial charge in [-0.05, 0) is 158 Å². The maximum atomic E-state index is 17.1. The number of hydrogen-bond acceptors (Lipinski definition) is 8. The molecule has 10 heteroatoms. The largest absolute Gasteiger partial charge is 0.306 e. The molecule has 2 aliphatic rings. The molecule has 0 N–H and O–H groups in total. The monoisotopic (exact) mass is 1640 g/mol. The second-order valence-electron chi connectivity index (χ2n) is 34.4. The van der Waals surface area contributed by atoms with E-state index in [2.05, 4.69) is 124 Å². The molecular weight excluding hydrogens is 1480 g/mol. The summed E-state index contributed by atoms with van der Waals surface area (Å²) in [4.78, 5) is 52.2. The smallest absolute Gasteiger partial charge is 0.261 e. The lowest BCUT2D eigenvalue weighted by Crippen LogP contribution is -2.34. The number of thiophene rings is 6. The van der Waals surface area contributed by atoms with E-state index >= 15 is 9.59 Å². The van der Waals surface area contributed by atoms with Crippen LogP contribution < -0.4 is 0 Å². The van der Waals surface area contributed by atoms with Crippen molar-refractivity contribution in [3.63, 3.8) is 0 Å². The molecular formula is C102H160N2O2S6. The molecule has 0 spiro atoms. The number of nitrogens with zero attached hydrogens (tertiary/aromatic N) is 2. The maximum absolute atomic E-state index is 17.1. The van der Waals surface area contributed by atoms with Gasteiger partial charge in [-0.2, -0.15) is 0 Å². The van der Waals surface area contributed by atoms with E-state index in [-0.39, 0.29) is 11.8 Å². The van der Waals surface area contributed by atoms with Crippen LogP contribution in [0.1, 0.15) is 447 Å². The van der Waals surface area contributed by atoms with Crippen LogP contribution in [-0.4, -0.2) is 34.7 Å². The first kappa shape index (κ1) is 94.1. The fourth-order valence-corrected chi connectivity index (χ4v) is 25.1. The number of carbonyl (C=O) groups is 2. The van der Waals surface area contributed by atoms with Crippen molar-refractivity contribution < 1.29 is 9.59 Å². The van der Waals surface area contributed by atoms with Crippen LogP contribution in [-0.2, 0) is 35.3 Å². The Labute approximate surface area is 711 Å². The van der Waals surface area contributed by atoms with Gasteiger partial charge >= 0.3 is 0 Å². The molecule has 0 bridgehead atoms. The van der Waals surface area contributed by atoms with Crippen molar-refractivity contribution in [2.75, 3.05) is 13.1 Å². The highest BCUT2D eigenvalue weighted by molar-refractivity contribution is 7.27. The van der Waals surface area contributed by atoms with Crippen molar-refractivity contribution in [3.05, 3.63) is 102 Å². The predicted molar refractivity (Wildman–Crippen MR) is 505 cm³/mol. The molecule has 6 aromatic rings. The van der Waals surface area contributed by atoms with E-state index in [9.17, 15) is 0 Å². The highest BCUT2D eigenvalue weighted by Gasteiger charge is 2.50. The van der Waals surface area contributed by atoms with E-state index in [0.29, 0.717) is 36.1 Å². The Morgan fingerprint density at radius 2 is 0.473 bits per heavy atom. The lowest BCUT2D eigenvalue weighted by Gasteiger charge is -2.29. The summed E-state index contributed by atoms with van der Waals surface area (Å²) in [5.41, 5.74) is 9.58. The molecule has 0 fully saturated rings. The topological polar surface area (TPSA) is 40.6 Å². The van der Waals surface area contributed by atoms with Gasteiger partial charge in [0.25, 0.3) is 11.8 Å². The molecule has 4 nitrogen and oxygen atoms in total. The SMILES string of the molecule is CCCCCCCCCCCCC(CCCCCCCCCC)CN1C(=O)C2=C(c3ccc(-c4sc(-c5cccs5)c(CCCCCC)c4CCCCCC)s3)N(CC(CCCCCCCCCC)CCCCCCCCCCCC)C(=O)C2=C1c1ccc(-c2sc(-c3cccs3)c(CCCCCC)c2CCCCCC)s1. The van der Waals surface area contributed by atoms with Gasteiger partial charge in [0, 0.05) is 52.1 Å². The minimum absolute atomic E-state index is 0.0863. The van der Waals surface area contributed by atoms with Crippen LogP contribution in [0.4, 0.5) is 0 Å². The van der Waals surface area contributed by atoms with Gasteiger partial charge in [-0.1, -0.05) is 376 Å². The third-order valence-corrected chi connectivity index (χ3v) is 32.1. The van der Waals surface area contributed by atoms with Crippen molar-refractivity contribution in [1.82, 2.24) is 9.80 Å². The Kier molecular flexibility index (Phi) is 47.8. The second-order valence-corrected chi connectivity index (χ2v) is 40.5. The minimum atomic E-state index is 0.0863. The van der Waals surface area contributed by atoms with Gasteiger partial charge in [-0.15, -0.1) is 68.0 Å². The van der Waals surface area contributed by atoms with E-state index in [4.69, 9.17) is 0 Å². The molecule has 112 heavy (non-hydrogen) atoms. The number of unbranched alkanes of at least 4 members (excludes halogenated alkanes) is 44. The molecule has 0 saturated heterocycles. The van der Waals surface area contributed by atoms with E-state index in [1.165, 1.54) is 373 Å². The second kappa shape index (κ2) is 56.9. The molecule has 6 aromatic heterocycles. The van der Waals surface area contributed by atoms with Crippen LogP contribution in [0, 0.1) is 11.8 Å². The minimum Gasteiger partial charge on any atom is -0.306 e. The van der Waals surface area contributed by atoms with Crippen LogP contribution in [0.2, 0.25) is 0 Å². The first-order valence-corrected chi connectivity index (χ1v) is 53.0. The molecule has 2 atom stereocenters. The fourth-order valence-electron chi connectivity index (χ4n) is 18.2. The normalized spacial score (nSPS) is 13.8. The van der Waals surface area contributed by atoms with E-state index in [0.717, 1.165) is 72.5 Å². The summed E-state index contributed by atoms with van der Waals surface area (Å²) in [6.45, 7) is 20.0. The average molecular weight is 1640 g/mol. The maximum Gasteiger partial charge on any atom is 0.261 e. The summed E-state index contributed by atoms with van der Waals surface area (Å²) in [6, 6.07) is 18.9.